The lowest BCUT2D eigenvalue weighted by Gasteiger charge is -2.20. The topological polar surface area (TPSA) is 107 Å². The Bertz CT molecular complexity index is 525. The van der Waals surface area contributed by atoms with Gasteiger partial charge in [-0.05, 0) is 5.56 Å². The van der Waals surface area contributed by atoms with Gasteiger partial charge in [-0.25, -0.2) is 19.6 Å². The number of amides is 2. The fraction of sp³-hybridized carbons (Fsp3) is 0.308. The minimum Gasteiger partial charge on any atom is -0.464 e. The van der Waals surface area contributed by atoms with Crippen LogP contribution in [0.25, 0.3) is 0 Å². The van der Waals surface area contributed by atoms with E-state index in [9.17, 15) is 14.4 Å². The molecule has 21 heavy (non-hydrogen) atoms. The zero-order valence-electron chi connectivity index (χ0n) is 11.0. The van der Waals surface area contributed by atoms with Crippen LogP contribution in [0.2, 0.25) is 0 Å². The van der Waals surface area contributed by atoms with Crippen molar-refractivity contribution in [2.45, 2.75) is 12.5 Å². The number of carbonyl (C=O) groups is 3. The van der Waals surface area contributed by atoms with E-state index in [4.69, 9.17) is 14.9 Å². The molecule has 0 radical (unpaired) electrons. The maximum atomic E-state index is 11.8. The number of esters is 1. The summed E-state index contributed by atoms with van der Waals surface area (Å²) in [6, 6.07) is 8.93. The molecule has 0 bridgehead atoms. The molecule has 0 aliphatic carbocycles. The molecule has 1 aliphatic heterocycles. The Hall–Kier alpha value is -2.77. The van der Waals surface area contributed by atoms with E-state index in [2.05, 4.69) is 0 Å². The third kappa shape index (κ3) is 3.62. The highest BCUT2D eigenvalue weighted by atomic mass is 16.5. The molecule has 2 rings (SSSR count). The van der Waals surface area contributed by atoms with Gasteiger partial charge in [-0.1, -0.05) is 30.3 Å². The largest absolute Gasteiger partial charge is 0.464 e. The zero-order chi connectivity index (χ0) is 15.4. The van der Waals surface area contributed by atoms with Crippen molar-refractivity contribution in [2.75, 3.05) is 13.1 Å². The number of carboxylic acid groups (broad SMARTS) is 2. The molecule has 2 N–H and O–H groups in total. The number of hydrogen-bond donors (Lipinski definition) is 2. The van der Waals surface area contributed by atoms with Crippen LogP contribution >= 0.6 is 0 Å². The Labute approximate surface area is 120 Å². The highest BCUT2D eigenvalue weighted by Crippen LogP contribution is 2.15. The summed E-state index contributed by atoms with van der Waals surface area (Å²) in [4.78, 5) is 33.6. The van der Waals surface area contributed by atoms with E-state index in [0.29, 0.717) is 10.0 Å². The van der Waals surface area contributed by atoms with Crippen LogP contribution in [0.15, 0.2) is 30.3 Å². The van der Waals surface area contributed by atoms with Crippen molar-refractivity contribution in [3.63, 3.8) is 0 Å². The van der Waals surface area contributed by atoms with Gasteiger partial charge in [-0.15, -0.1) is 0 Å². The molecular formula is C13H14N2O6. The van der Waals surface area contributed by atoms with E-state index in [0.717, 1.165) is 5.56 Å². The van der Waals surface area contributed by atoms with E-state index in [1.807, 2.05) is 6.07 Å². The summed E-state index contributed by atoms with van der Waals surface area (Å²) in [5.74, 6) is -0.524. The number of rotatable bonds is 3. The molecule has 8 nitrogen and oxygen atoms in total. The van der Waals surface area contributed by atoms with Crippen LogP contribution in [0.4, 0.5) is 9.59 Å². The van der Waals surface area contributed by atoms with Crippen molar-refractivity contribution in [1.29, 1.82) is 0 Å². The highest BCUT2D eigenvalue weighted by molar-refractivity contribution is 5.74. The Morgan fingerprint density at radius 1 is 1.05 bits per heavy atom. The molecule has 0 unspecified atom stereocenters. The molecule has 1 fully saturated rings. The average molecular weight is 294 g/mol. The van der Waals surface area contributed by atoms with E-state index < -0.39 is 24.3 Å². The molecule has 2 amide bonds. The quantitative estimate of drug-likeness (QED) is 0.806. The van der Waals surface area contributed by atoms with Gasteiger partial charge in [0, 0.05) is 0 Å². The first kappa shape index (κ1) is 14.6. The maximum Gasteiger partial charge on any atom is 0.426 e. The second-order valence-electron chi connectivity index (χ2n) is 4.50. The summed E-state index contributed by atoms with van der Waals surface area (Å²) >= 11 is 0. The van der Waals surface area contributed by atoms with Crippen LogP contribution in [0, 0.1) is 0 Å². The van der Waals surface area contributed by atoms with Crippen LogP contribution in [-0.4, -0.2) is 57.6 Å². The fourth-order valence-corrected chi connectivity index (χ4v) is 2.07. The molecule has 1 saturated heterocycles. The molecule has 0 spiro atoms. The number of carbonyl (C=O) groups excluding carboxylic acids is 1. The summed E-state index contributed by atoms with van der Waals surface area (Å²) in [5.41, 5.74) is 0.769. The first-order chi connectivity index (χ1) is 9.97. The second-order valence-corrected chi connectivity index (χ2v) is 4.50. The average Bonchev–Trinajstić information content (AvgIpc) is 2.84. The number of hydrogen-bond acceptors (Lipinski definition) is 4. The third-order valence-electron chi connectivity index (χ3n) is 2.98. The van der Waals surface area contributed by atoms with Crippen molar-refractivity contribution < 1.29 is 29.3 Å². The van der Waals surface area contributed by atoms with Crippen molar-refractivity contribution >= 4 is 18.2 Å². The smallest absolute Gasteiger partial charge is 0.426 e. The standard InChI is InChI=1S/C13H14N2O6/c16-11(6-9-4-2-1-3-5-9)21-10-7-14(12(17)18)15(8-10)13(19)20/h1-5,10H,6-8H2,(H,17,18)(H,19,20). The summed E-state index contributed by atoms with van der Waals surface area (Å²) in [5, 5.41) is 19.0. The van der Waals surface area contributed by atoms with Crippen molar-refractivity contribution in [3.8, 4) is 0 Å². The van der Waals surface area contributed by atoms with Gasteiger partial charge in [0.15, 0.2) is 0 Å². The molecule has 1 aliphatic rings. The molecule has 1 aromatic rings. The maximum absolute atomic E-state index is 11.8. The van der Waals surface area contributed by atoms with Crippen LogP contribution in [0.5, 0.6) is 0 Å². The van der Waals surface area contributed by atoms with Crippen molar-refractivity contribution in [1.82, 2.24) is 10.0 Å². The van der Waals surface area contributed by atoms with E-state index in [-0.39, 0.29) is 19.5 Å². The predicted octanol–water partition coefficient (Wildman–Crippen LogP) is 1.03. The third-order valence-corrected chi connectivity index (χ3v) is 2.98. The van der Waals surface area contributed by atoms with Gasteiger partial charge in [-0.2, -0.15) is 0 Å². The first-order valence-electron chi connectivity index (χ1n) is 6.21. The van der Waals surface area contributed by atoms with E-state index >= 15 is 0 Å². The lowest BCUT2D eigenvalue weighted by molar-refractivity contribution is -0.147. The highest BCUT2D eigenvalue weighted by Gasteiger charge is 2.38. The van der Waals surface area contributed by atoms with Gasteiger partial charge < -0.3 is 14.9 Å². The summed E-state index contributed by atoms with van der Waals surface area (Å²) < 4.78 is 5.13. The molecule has 0 atom stereocenters. The minimum atomic E-state index is -1.40. The van der Waals surface area contributed by atoms with Gasteiger partial charge in [0.2, 0.25) is 0 Å². The Morgan fingerprint density at radius 2 is 1.57 bits per heavy atom. The molecule has 112 valence electrons. The van der Waals surface area contributed by atoms with Crippen LogP contribution in [0.1, 0.15) is 5.56 Å². The monoisotopic (exact) mass is 294 g/mol. The Balaban J connectivity index is 1.93. The van der Waals surface area contributed by atoms with Gasteiger partial charge in [0.1, 0.15) is 6.10 Å². The van der Waals surface area contributed by atoms with Crippen molar-refractivity contribution in [2.24, 2.45) is 0 Å². The summed E-state index contributed by atoms with van der Waals surface area (Å²) in [7, 11) is 0. The van der Waals surface area contributed by atoms with Crippen molar-refractivity contribution in [3.05, 3.63) is 35.9 Å². The zero-order valence-corrected chi connectivity index (χ0v) is 11.0. The van der Waals surface area contributed by atoms with Gasteiger partial charge in [0.25, 0.3) is 0 Å². The number of nitrogens with zero attached hydrogens (tertiary/aromatic N) is 2. The van der Waals surface area contributed by atoms with Gasteiger partial charge in [0.05, 0.1) is 19.5 Å². The Kier molecular flexibility index (Phi) is 4.27. The van der Waals surface area contributed by atoms with Crippen LogP contribution < -0.4 is 0 Å². The molecule has 0 saturated carbocycles. The first-order valence-corrected chi connectivity index (χ1v) is 6.21. The van der Waals surface area contributed by atoms with Crippen LogP contribution in [0.3, 0.4) is 0 Å². The molecule has 8 heteroatoms. The van der Waals surface area contributed by atoms with E-state index in [1.54, 1.807) is 24.3 Å². The van der Waals surface area contributed by atoms with Gasteiger partial charge in [-0.3, -0.25) is 4.79 Å². The summed E-state index contributed by atoms with van der Waals surface area (Å²) in [6.45, 7) is -0.385. The predicted molar refractivity (Wildman–Crippen MR) is 69.5 cm³/mol. The summed E-state index contributed by atoms with van der Waals surface area (Å²) in [6.07, 6.45) is -3.55. The fourth-order valence-electron chi connectivity index (χ4n) is 2.07. The lowest BCUT2D eigenvalue weighted by Crippen LogP contribution is -2.43. The normalized spacial score (nSPS) is 15.0. The number of benzene rings is 1. The van der Waals surface area contributed by atoms with E-state index in [1.165, 1.54) is 0 Å². The molecule has 1 aromatic carbocycles. The number of hydrazine groups is 1. The second kappa shape index (κ2) is 6.12. The SMILES string of the molecule is O=C(Cc1ccccc1)OC1CN(C(=O)O)N(C(=O)O)C1. The molecule has 0 aromatic heterocycles. The molecular weight excluding hydrogens is 280 g/mol. The Morgan fingerprint density at radius 3 is 2.05 bits per heavy atom. The minimum absolute atomic E-state index is 0.0531. The lowest BCUT2D eigenvalue weighted by atomic mass is 10.1. The number of ether oxygens (including phenoxy) is 1. The van der Waals surface area contributed by atoms with Crippen LogP contribution in [-0.2, 0) is 16.0 Å². The molecule has 1 heterocycles. The van der Waals surface area contributed by atoms with Gasteiger partial charge >= 0.3 is 18.2 Å².